The second kappa shape index (κ2) is 6.55. The Morgan fingerprint density at radius 1 is 1.25 bits per heavy atom. The van der Waals surface area contributed by atoms with Gasteiger partial charge in [-0.3, -0.25) is 4.79 Å². The van der Waals surface area contributed by atoms with Crippen molar-refractivity contribution in [3.8, 4) is 0 Å². The zero-order valence-corrected chi connectivity index (χ0v) is 14.2. The second-order valence-corrected chi connectivity index (χ2v) is 6.86. The fraction of sp³-hybridized carbons (Fsp3) is 0.706. The van der Waals surface area contributed by atoms with Crippen LogP contribution in [0.25, 0.3) is 0 Å². The number of nitrogens with zero attached hydrogens (tertiary/aromatic N) is 4. The third kappa shape index (κ3) is 3.31. The fourth-order valence-corrected chi connectivity index (χ4v) is 3.12. The van der Waals surface area contributed by atoms with Crippen molar-refractivity contribution >= 4 is 17.7 Å². The topological polar surface area (TPSA) is 70.6 Å². The molecule has 1 amide bonds. The Hall–Kier alpha value is -1.89. The maximum atomic E-state index is 12.2. The van der Waals surface area contributed by atoms with Gasteiger partial charge in [-0.25, -0.2) is 4.98 Å². The number of aryl methyl sites for hydroxylation is 1. The number of rotatable bonds is 5. The fourth-order valence-electron chi connectivity index (χ4n) is 3.12. The number of nitrogens with one attached hydrogen (secondary N) is 1. The van der Waals surface area contributed by atoms with Crippen LogP contribution >= 0.6 is 0 Å². The Morgan fingerprint density at radius 3 is 2.58 bits per heavy atom. The van der Waals surface area contributed by atoms with E-state index in [-0.39, 0.29) is 0 Å². The summed E-state index contributed by atoms with van der Waals surface area (Å²) >= 11 is 0. The van der Waals surface area contributed by atoms with Gasteiger partial charge < -0.3 is 19.9 Å². The molecule has 4 rings (SSSR count). The largest absolute Gasteiger partial charge is 0.377 e. The van der Waals surface area contributed by atoms with Crippen LogP contribution in [0.2, 0.25) is 0 Å². The summed E-state index contributed by atoms with van der Waals surface area (Å²) in [7, 11) is 0. The summed E-state index contributed by atoms with van der Waals surface area (Å²) in [4.78, 5) is 25.7. The van der Waals surface area contributed by atoms with Crippen LogP contribution in [-0.4, -0.2) is 66.2 Å². The minimum absolute atomic E-state index is 0.303. The lowest BCUT2D eigenvalue weighted by molar-refractivity contribution is -0.132. The van der Waals surface area contributed by atoms with E-state index in [1.807, 2.05) is 11.0 Å². The van der Waals surface area contributed by atoms with Crippen molar-refractivity contribution in [3.63, 3.8) is 0 Å². The summed E-state index contributed by atoms with van der Waals surface area (Å²) in [5, 5.41) is 3.42. The lowest BCUT2D eigenvalue weighted by Gasteiger charge is -2.35. The Bertz CT molecular complexity index is 607. The van der Waals surface area contributed by atoms with Gasteiger partial charge in [0.15, 0.2) is 0 Å². The summed E-state index contributed by atoms with van der Waals surface area (Å²) in [6, 6.07) is 2.37. The Kier molecular flexibility index (Phi) is 4.26. The number of ether oxygens (including phenoxy) is 1. The Balaban J connectivity index is 1.43. The quantitative estimate of drug-likeness (QED) is 0.865. The van der Waals surface area contributed by atoms with Crippen molar-refractivity contribution in [1.82, 2.24) is 14.9 Å². The summed E-state index contributed by atoms with van der Waals surface area (Å²) in [5.74, 6) is 2.29. The maximum Gasteiger partial charge on any atom is 0.227 e. The highest BCUT2D eigenvalue weighted by atomic mass is 16.5. The van der Waals surface area contributed by atoms with E-state index < -0.39 is 0 Å². The van der Waals surface area contributed by atoms with Gasteiger partial charge in [0.1, 0.15) is 5.82 Å². The van der Waals surface area contributed by atoms with Crippen molar-refractivity contribution in [1.29, 1.82) is 0 Å². The van der Waals surface area contributed by atoms with Crippen molar-refractivity contribution in [2.24, 2.45) is 5.92 Å². The number of hydrogen-bond donors (Lipinski definition) is 1. The molecule has 0 spiro atoms. The molecule has 1 N–H and O–H groups in total. The van der Waals surface area contributed by atoms with E-state index in [0.29, 0.717) is 17.9 Å². The highest BCUT2D eigenvalue weighted by molar-refractivity contribution is 5.81. The third-order valence-electron chi connectivity index (χ3n) is 4.92. The number of carbonyl (C=O) groups is 1. The van der Waals surface area contributed by atoms with Crippen LogP contribution in [0.1, 0.15) is 25.5 Å². The van der Waals surface area contributed by atoms with Crippen LogP contribution in [0.3, 0.4) is 0 Å². The van der Waals surface area contributed by atoms with Crippen LogP contribution in [0.15, 0.2) is 6.07 Å². The molecular formula is C17H25N5O2. The first-order valence-electron chi connectivity index (χ1n) is 8.99. The molecule has 1 aromatic heterocycles. The van der Waals surface area contributed by atoms with Crippen LogP contribution in [0.4, 0.5) is 11.8 Å². The van der Waals surface area contributed by atoms with Gasteiger partial charge in [0.05, 0.1) is 19.3 Å². The standard InChI is InChI=1S/C17H25N5O2/c1-2-13-9-15(18-14-10-24-11-14)20-17(19-13)22-7-5-21(6-8-22)16(23)12-3-4-12/h9,12,14H,2-8,10-11H2,1H3,(H,18,19,20). The van der Waals surface area contributed by atoms with Gasteiger partial charge in [-0.15, -0.1) is 0 Å². The lowest BCUT2D eigenvalue weighted by atomic mass is 10.2. The normalized spacial score (nSPS) is 21.5. The highest BCUT2D eigenvalue weighted by Gasteiger charge is 2.35. The van der Waals surface area contributed by atoms with E-state index in [2.05, 4.69) is 27.1 Å². The average Bonchev–Trinajstić information content (AvgIpc) is 3.42. The van der Waals surface area contributed by atoms with Crippen LogP contribution in [0.5, 0.6) is 0 Å². The number of piperazine rings is 1. The Morgan fingerprint density at radius 2 is 2.00 bits per heavy atom. The molecule has 0 bridgehead atoms. The van der Waals surface area contributed by atoms with Gasteiger partial charge in [0, 0.05) is 43.9 Å². The summed E-state index contributed by atoms with van der Waals surface area (Å²) in [5.41, 5.74) is 1.04. The molecule has 0 radical (unpaired) electrons. The number of carbonyl (C=O) groups excluding carboxylic acids is 1. The molecular weight excluding hydrogens is 306 g/mol. The molecule has 0 unspecified atom stereocenters. The molecule has 24 heavy (non-hydrogen) atoms. The van der Waals surface area contributed by atoms with E-state index >= 15 is 0 Å². The number of anilines is 2. The lowest BCUT2D eigenvalue weighted by Crippen LogP contribution is -2.49. The maximum absolute atomic E-state index is 12.2. The number of hydrogen-bond acceptors (Lipinski definition) is 6. The van der Waals surface area contributed by atoms with Crippen molar-refractivity contribution < 1.29 is 9.53 Å². The van der Waals surface area contributed by atoms with E-state index in [4.69, 9.17) is 4.74 Å². The van der Waals surface area contributed by atoms with Crippen molar-refractivity contribution in [2.45, 2.75) is 32.2 Å². The summed E-state index contributed by atoms with van der Waals surface area (Å²) in [6.07, 6.45) is 3.02. The third-order valence-corrected chi connectivity index (χ3v) is 4.92. The van der Waals surface area contributed by atoms with E-state index in [9.17, 15) is 4.79 Å². The first kappa shape index (κ1) is 15.6. The minimum atomic E-state index is 0.303. The predicted molar refractivity (Wildman–Crippen MR) is 91.2 cm³/mol. The van der Waals surface area contributed by atoms with Crippen molar-refractivity contribution in [2.75, 3.05) is 49.6 Å². The SMILES string of the molecule is CCc1cc(NC2COC2)nc(N2CCN(C(=O)C3CC3)CC2)n1. The first-order valence-corrected chi connectivity index (χ1v) is 8.99. The molecule has 1 saturated carbocycles. The van der Waals surface area contributed by atoms with Gasteiger partial charge in [0.25, 0.3) is 0 Å². The van der Waals surface area contributed by atoms with Crippen LogP contribution < -0.4 is 10.2 Å². The Labute approximate surface area is 142 Å². The summed E-state index contributed by atoms with van der Waals surface area (Å²) < 4.78 is 5.22. The molecule has 3 fully saturated rings. The van der Waals surface area contributed by atoms with Gasteiger partial charge in [-0.05, 0) is 19.3 Å². The van der Waals surface area contributed by atoms with Gasteiger partial charge in [-0.2, -0.15) is 4.98 Å². The molecule has 1 aromatic rings. The summed E-state index contributed by atoms with van der Waals surface area (Å²) in [6.45, 7) is 6.73. The molecule has 3 heterocycles. The predicted octanol–water partition coefficient (Wildman–Crippen LogP) is 0.908. The molecule has 7 nitrogen and oxygen atoms in total. The van der Waals surface area contributed by atoms with Gasteiger partial charge in [-0.1, -0.05) is 6.92 Å². The van der Waals surface area contributed by atoms with Crippen LogP contribution in [0, 0.1) is 5.92 Å². The zero-order chi connectivity index (χ0) is 16.5. The van der Waals surface area contributed by atoms with E-state index in [1.165, 1.54) is 0 Å². The molecule has 2 aliphatic heterocycles. The van der Waals surface area contributed by atoms with Crippen LogP contribution in [-0.2, 0) is 16.0 Å². The zero-order valence-electron chi connectivity index (χ0n) is 14.2. The van der Waals surface area contributed by atoms with E-state index in [0.717, 1.165) is 76.1 Å². The molecule has 2 saturated heterocycles. The molecule has 0 atom stereocenters. The molecule has 1 aliphatic carbocycles. The van der Waals surface area contributed by atoms with Gasteiger partial charge in [0.2, 0.25) is 11.9 Å². The number of amides is 1. The van der Waals surface area contributed by atoms with E-state index in [1.54, 1.807) is 0 Å². The smallest absolute Gasteiger partial charge is 0.227 e. The highest BCUT2D eigenvalue weighted by Crippen LogP contribution is 2.31. The molecule has 130 valence electrons. The first-order chi connectivity index (χ1) is 11.7. The minimum Gasteiger partial charge on any atom is -0.377 e. The average molecular weight is 331 g/mol. The molecule has 3 aliphatic rings. The number of aromatic nitrogens is 2. The monoisotopic (exact) mass is 331 g/mol. The second-order valence-electron chi connectivity index (χ2n) is 6.86. The molecule has 0 aromatic carbocycles. The van der Waals surface area contributed by atoms with Crippen molar-refractivity contribution in [3.05, 3.63) is 11.8 Å². The molecule has 7 heteroatoms. The van der Waals surface area contributed by atoms with Gasteiger partial charge >= 0.3 is 0 Å².